The Labute approximate surface area is 159 Å². The van der Waals surface area contributed by atoms with Crippen LogP contribution in [0.4, 0.5) is 11.8 Å². The van der Waals surface area contributed by atoms with Crippen LogP contribution < -0.4 is 10.2 Å². The molecule has 6 nitrogen and oxygen atoms in total. The molecule has 1 N–H and O–H groups in total. The Bertz CT molecular complexity index is 889. The van der Waals surface area contributed by atoms with Crippen LogP contribution in [-0.4, -0.2) is 42.5 Å². The number of halogens is 1. The third kappa shape index (κ3) is 4.45. The average Bonchev–Trinajstić information content (AvgIpc) is 2.94. The highest BCUT2D eigenvalue weighted by atomic mass is 35.5. The van der Waals surface area contributed by atoms with E-state index >= 15 is 0 Å². The number of hydrogen-bond donors (Lipinski definition) is 1. The van der Waals surface area contributed by atoms with Crippen LogP contribution in [0.25, 0.3) is 0 Å². The summed E-state index contributed by atoms with van der Waals surface area (Å²) in [6.45, 7) is 5.14. The first-order valence-corrected chi connectivity index (χ1v) is 10.9. The van der Waals surface area contributed by atoms with E-state index in [1.165, 1.54) is 0 Å². The molecule has 26 heavy (non-hydrogen) atoms. The molecule has 1 fully saturated rings. The predicted molar refractivity (Wildman–Crippen MR) is 106 cm³/mol. The SMILES string of the molecule is CCN(c1cc(C)nc(NCc2ccccc2Cl)n1)C1CCS(=O)(=O)C1. The van der Waals surface area contributed by atoms with Crippen LogP contribution in [0.3, 0.4) is 0 Å². The first-order chi connectivity index (χ1) is 12.4. The van der Waals surface area contributed by atoms with Crippen LogP contribution in [0.1, 0.15) is 24.6 Å². The molecule has 2 heterocycles. The number of aromatic nitrogens is 2. The van der Waals surface area contributed by atoms with E-state index in [4.69, 9.17) is 11.6 Å². The molecule has 0 aliphatic carbocycles. The second kappa shape index (κ2) is 7.80. The molecule has 1 saturated heterocycles. The molecule has 3 rings (SSSR count). The lowest BCUT2D eigenvalue weighted by atomic mass is 10.2. The summed E-state index contributed by atoms with van der Waals surface area (Å²) in [5.41, 5.74) is 1.80. The maximum absolute atomic E-state index is 11.8. The maximum Gasteiger partial charge on any atom is 0.225 e. The molecule has 1 atom stereocenters. The van der Waals surface area contributed by atoms with Crippen LogP contribution in [0.5, 0.6) is 0 Å². The summed E-state index contributed by atoms with van der Waals surface area (Å²) in [7, 11) is -2.95. The molecule has 1 unspecified atom stereocenters. The number of nitrogens with zero attached hydrogens (tertiary/aromatic N) is 3. The lowest BCUT2D eigenvalue weighted by Gasteiger charge is -2.28. The minimum atomic E-state index is -2.95. The number of hydrogen-bond acceptors (Lipinski definition) is 6. The monoisotopic (exact) mass is 394 g/mol. The van der Waals surface area contributed by atoms with Gasteiger partial charge in [0.2, 0.25) is 5.95 Å². The van der Waals surface area contributed by atoms with E-state index in [1.54, 1.807) is 0 Å². The first-order valence-electron chi connectivity index (χ1n) is 8.68. The molecular weight excluding hydrogens is 372 g/mol. The summed E-state index contributed by atoms with van der Waals surface area (Å²) < 4.78 is 23.7. The summed E-state index contributed by atoms with van der Waals surface area (Å²) in [5, 5.41) is 3.91. The summed E-state index contributed by atoms with van der Waals surface area (Å²) >= 11 is 6.19. The van der Waals surface area contributed by atoms with Crippen molar-refractivity contribution in [2.24, 2.45) is 0 Å². The van der Waals surface area contributed by atoms with Gasteiger partial charge in [-0.2, -0.15) is 4.98 Å². The summed E-state index contributed by atoms with van der Waals surface area (Å²) in [6.07, 6.45) is 0.640. The van der Waals surface area contributed by atoms with Gasteiger partial charge in [0, 0.05) is 35.9 Å². The highest BCUT2D eigenvalue weighted by Gasteiger charge is 2.32. The third-order valence-corrected chi connectivity index (χ3v) is 6.64. The van der Waals surface area contributed by atoms with E-state index in [-0.39, 0.29) is 17.5 Å². The summed E-state index contributed by atoms with van der Waals surface area (Å²) in [4.78, 5) is 11.1. The second-order valence-electron chi connectivity index (χ2n) is 6.48. The molecule has 0 bridgehead atoms. The average molecular weight is 395 g/mol. The molecular formula is C18H23ClN4O2S. The van der Waals surface area contributed by atoms with Gasteiger partial charge in [-0.3, -0.25) is 0 Å². The van der Waals surface area contributed by atoms with Gasteiger partial charge in [-0.25, -0.2) is 13.4 Å². The van der Waals surface area contributed by atoms with Crippen molar-refractivity contribution < 1.29 is 8.42 Å². The fourth-order valence-electron chi connectivity index (χ4n) is 3.22. The van der Waals surface area contributed by atoms with Crippen LogP contribution >= 0.6 is 11.6 Å². The Morgan fingerprint density at radius 3 is 2.73 bits per heavy atom. The zero-order chi connectivity index (χ0) is 18.7. The van der Waals surface area contributed by atoms with Gasteiger partial charge >= 0.3 is 0 Å². The van der Waals surface area contributed by atoms with E-state index in [0.717, 1.165) is 17.1 Å². The van der Waals surface area contributed by atoms with Gasteiger partial charge in [0.05, 0.1) is 11.5 Å². The number of rotatable bonds is 6. The highest BCUT2D eigenvalue weighted by molar-refractivity contribution is 7.91. The largest absolute Gasteiger partial charge is 0.353 e. The minimum Gasteiger partial charge on any atom is -0.353 e. The van der Waals surface area contributed by atoms with Crippen molar-refractivity contribution in [1.29, 1.82) is 0 Å². The molecule has 0 saturated carbocycles. The third-order valence-electron chi connectivity index (χ3n) is 4.52. The van der Waals surface area contributed by atoms with Crippen molar-refractivity contribution in [2.45, 2.75) is 32.9 Å². The van der Waals surface area contributed by atoms with Gasteiger partial charge in [-0.1, -0.05) is 29.8 Å². The van der Waals surface area contributed by atoms with Gasteiger partial charge < -0.3 is 10.2 Å². The van der Waals surface area contributed by atoms with Crippen molar-refractivity contribution in [3.05, 3.63) is 46.6 Å². The van der Waals surface area contributed by atoms with E-state index < -0.39 is 9.84 Å². The first kappa shape index (κ1) is 18.9. The van der Waals surface area contributed by atoms with Crippen molar-refractivity contribution in [3.63, 3.8) is 0 Å². The molecule has 1 aliphatic heterocycles. The van der Waals surface area contributed by atoms with Crippen LogP contribution in [-0.2, 0) is 16.4 Å². The highest BCUT2D eigenvalue weighted by Crippen LogP contribution is 2.24. The van der Waals surface area contributed by atoms with Gasteiger partial charge in [0.1, 0.15) is 5.82 Å². The Morgan fingerprint density at radius 2 is 2.08 bits per heavy atom. The standard InChI is InChI=1S/C18H23ClN4O2S/c1-3-23(15-8-9-26(24,25)12-15)17-10-13(2)21-18(22-17)20-11-14-6-4-5-7-16(14)19/h4-7,10,15H,3,8-9,11-12H2,1-2H3,(H,20,21,22). The zero-order valence-electron chi connectivity index (χ0n) is 14.9. The van der Waals surface area contributed by atoms with Gasteiger partial charge in [0.15, 0.2) is 9.84 Å². The van der Waals surface area contributed by atoms with Crippen LogP contribution in [0.15, 0.2) is 30.3 Å². The Morgan fingerprint density at radius 1 is 1.31 bits per heavy atom. The number of sulfone groups is 1. The normalized spacial score (nSPS) is 18.7. The van der Waals surface area contributed by atoms with Crippen LogP contribution in [0, 0.1) is 6.92 Å². The molecule has 140 valence electrons. The molecule has 8 heteroatoms. The molecule has 1 aliphatic rings. The van der Waals surface area contributed by atoms with Crippen LogP contribution in [0.2, 0.25) is 5.02 Å². The van der Waals surface area contributed by atoms with E-state index in [9.17, 15) is 8.42 Å². The molecule has 0 radical (unpaired) electrons. The lowest BCUT2D eigenvalue weighted by molar-refractivity contribution is 0.599. The predicted octanol–water partition coefficient (Wildman–Crippen LogP) is 3.06. The molecule has 2 aromatic rings. The molecule has 0 spiro atoms. The van der Waals surface area contributed by atoms with E-state index in [1.807, 2.05) is 44.2 Å². The maximum atomic E-state index is 11.8. The smallest absolute Gasteiger partial charge is 0.225 e. The van der Waals surface area contributed by atoms with E-state index in [0.29, 0.717) is 30.5 Å². The number of anilines is 2. The van der Waals surface area contributed by atoms with Crippen molar-refractivity contribution >= 4 is 33.2 Å². The molecule has 0 amide bonds. The quantitative estimate of drug-likeness (QED) is 0.811. The number of benzene rings is 1. The Balaban J connectivity index is 1.79. The Hall–Kier alpha value is -1.86. The topological polar surface area (TPSA) is 75.2 Å². The Kier molecular flexibility index (Phi) is 5.67. The minimum absolute atomic E-state index is 0.0317. The van der Waals surface area contributed by atoms with Crippen molar-refractivity contribution in [3.8, 4) is 0 Å². The summed E-state index contributed by atoms with van der Waals surface area (Å²) in [5.74, 6) is 1.70. The number of aryl methyl sites for hydroxylation is 1. The lowest BCUT2D eigenvalue weighted by Crippen LogP contribution is -2.37. The van der Waals surface area contributed by atoms with Crippen molar-refractivity contribution in [2.75, 3.05) is 28.3 Å². The zero-order valence-corrected chi connectivity index (χ0v) is 16.5. The second-order valence-corrected chi connectivity index (χ2v) is 9.11. The van der Waals surface area contributed by atoms with Crippen molar-refractivity contribution in [1.82, 2.24) is 9.97 Å². The number of nitrogens with one attached hydrogen (secondary N) is 1. The molecule has 1 aromatic heterocycles. The van der Waals surface area contributed by atoms with E-state index in [2.05, 4.69) is 20.2 Å². The molecule has 1 aromatic carbocycles. The van der Waals surface area contributed by atoms with Gasteiger partial charge in [-0.15, -0.1) is 0 Å². The fraction of sp³-hybridized carbons (Fsp3) is 0.444. The van der Waals surface area contributed by atoms with Gasteiger partial charge in [0.25, 0.3) is 0 Å². The summed E-state index contributed by atoms with van der Waals surface area (Å²) in [6, 6.07) is 9.49. The van der Waals surface area contributed by atoms with Gasteiger partial charge in [-0.05, 0) is 31.9 Å². The fourth-order valence-corrected chi connectivity index (χ4v) is 5.16.